The minimum absolute atomic E-state index is 0.000975. The molecule has 1 aliphatic heterocycles. The van der Waals surface area contributed by atoms with Crippen LogP contribution in [0.25, 0.3) is 0 Å². The minimum atomic E-state index is 0.000975. The van der Waals surface area contributed by atoms with Crippen molar-refractivity contribution in [2.75, 3.05) is 25.0 Å². The second kappa shape index (κ2) is 7.77. The highest BCUT2D eigenvalue weighted by atomic mass is 16.1. The normalized spacial score (nSPS) is 19.0. The summed E-state index contributed by atoms with van der Waals surface area (Å²) in [4.78, 5) is 14.3. The molecule has 112 valence electrons. The quantitative estimate of drug-likeness (QED) is 0.863. The molecule has 0 aromatic heterocycles. The number of amides is 1. The van der Waals surface area contributed by atoms with Gasteiger partial charge in [0, 0.05) is 31.2 Å². The van der Waals surface area contributed by atoms with Gasteiger partial charge in [-0.2, -0.15) is 5.26 Å². The van der Waals surface area contributed by atoms with Gasteiger partial charge in [-0.1, -0.05) is 6.42 Å². The van der Waals surface area contributed by atoms with E-state index in [0.717, 1.165) is 25.2 Å². The molecule has 0 radical (unpaired) electrons. The van der Waals surface area contributed by atoms with Crippen molar-refractivity contribution < 1.29 is 4.79 Å². The fraction of sp³-hybridized carbons (Fsp3) is 0.500. The van der Waals surface area contributed by atoms with Gasteiger partial charge in [0.25, 0.3) is 0 Å². The Hall–Kier alpha value is -1.90. The molecule has 0 spiro atoms. The molecule has 1 fully saturated rings. The van der Waals surface area contributed by atoms with Gasteiger partial charge in [0.2, 0.25) is 5.91 Å². The van der Waals surface area contributed by atoms with E-state index >= 15 is 0 Å². The summed E-state index contributed by atoms with van der Waals surface area (Å²) in [5, 5.41) is 11.6. The highest BCUT2D eigenvalue weighted by Crippen LogP contribution is 2.16. The molecule has 1 saturated heterocycles. The second-order valence-corrected chi connectivity index (χ2v) is 5.41. The molecule has 21 heavy (non-hydrogen) atoms. The molecule has 0 bridgehead atoms. The van der Waals surface area contributed by atoms with Gasteiger partial charge in [-0.25, -0.2) is 0 Å². The van der Waals surface area contributed by atoms with Gasteiger partial charge in [0.05, 0.1) is 11.6 Å². The zero-order valence-corrected chi connectivity index (χ0v) is 12.2. The lowest BCUT2D eigenvalue weighted by molar-refractivity contribution is -0.116. The van der Waals surface area contributed by atoms with E-state index < -0.39 is 0 Å². The summed E-state index contributed by atoms with van der Waals surface area (Å²) in [5.41, 5.74) is 7.10. The maximum Gasteiger partial charge on any atom is 0.225 e. The maximum atomic E-state index is 12.0. The Kier molecular flexibility index (Phi) is 5.73. The van der Waals surface area contributed by atoms with Gasteiger partial charge in [-0.3, -0.25) is 9.69 Å². The highest BCUT2D eigenvalue weighted by Gasteiger charge is 2.21. The molecule has 0 aliphatic carbocycles. The first-order chi connectivity index (χ1) is 10.2. The summed E-state index contributed by atoms with van der Waals surface area (Å²) in [6.07, 6.45) is 4.02. The lowest BCUT2D eigenvalue weighted by Gasteiger charge is -2.34. The van der Waals surface area contributed by atoms with E-state index in [1.807, 2.05) is 0 Å². The molecule has 1 aromatic carbocycles. The molecule has 1 heterocycles. The van der Waals surface area contributed by atoms with Crippen molar-refractivity contribution in [2.24, 2.45) is 5.73 Å². The zero-order valence-electron chi connectivity index (χ0n) is 12.2. The number of hydrogen-bond donors (Lipinski definition) is 2. The molecule has 1 aromatic rings. The summed E-state index contributed by atoms with van der Waals surface area (Å²) in [5.74, 6) is 0.000975. The third-order valence-electron chi connectivity index (χ3n) is 3.94. The van der Waals surface area contributed by atoms with Crippen LogP contribution in [0.3, 0.4) is 0 Å². The van der Waals surface area contributed by atoms with Crippen LogP contribution in [0.5, 0.6) is 0 Å². The van der Waals surface area contributed by atoms with Crippen molar-refractivity contribution in [3.05, 3.63) is 29.8 Å². The van der Waals surface area contributed by atoms with Gasteiger partial charge < -0.3 is 11.1 Å². The second-order valence-electron chi connectivity index (χ2n) is 5.41. The lowest BCUT2D eigenvalue weighted by atomic mass is 10.0. The Morgan fingerprint density at radius 2 is 2.14 bits per heavy atom. The summed E-state index contributed by atoms with van der Waals surface area (Å²) < 4.78 is 0. The van der Waals surface area contributed by atoms with Gasteiger partial charge in [-0.05, 0) is 43.7 Å². The molecule has 0 saturated carbocycles. The molecule has 1 aliphatic rings. The molecule has 5 nitrogen and oxygen atoms in total. The van der Waals surface area contributed by atoms with Crippen LogP contribution in [0.2, 0.25) is 0 Å². The van der Waals surface area contributed by atoms with E-state index in [1.165, 1.54) is 12.8 Å². The Morgan fingerprint density at radius 3 is 2.81 bits per heavy atom. The Labute approximate surface area is 125 Å². The van der Waals surface area contributed by atoms with Crippen LogP contribution in [-0.4, -0.2) is 36.5 Å². The largest absolute Gasteiger partial charge is 0.329 e. The number of hydrogen-bond acceptors (Lipinski definition) is 4. The number of anilines is 1. The van der Waals surface area contributed by atoms with Crippen LogP contribution in [0.1, 0.15) is 31.2 Å². The number of nitriles is 1. The molecular weight excluding hydrogens is 264 g/mol. The van der Waals surface area contributed by atoms with Crippen molar-refractivity contribution in [3.63, 3.8) is 0 Å². The highest BCUT2D eigenvalue weighted by molar-refractivity contribution is 5.90. The van der Waals surface area contributed by atoms with Crippen LogP contribution in [0.15, 0.2) is 24.3 Å². The molecule has 1 amide bonds. The van der Waals surface area contributed by atoms with Crippen molar-refractivity contribution in [2.45, 2.75) is 31.7 Å². The summed E-state index contributed by atoms with van der Waals surface area (Å²) >= 11 is 0. The summed E-state index contributed by atoms with van der Waals surface area (Å²) in [7, 11) is 0. The maximum absolute atomic E-state index is 12.0. The van der Waals surface area contributed by atoms with E-state index in [2.05, 4.69) is 16.3 Å². The van der Waals surface area contributed by atoms with Crippen molar-refractivity contribution >= 4 is 11.6 Å². The Balaban J connectivity index is 1.80. The van der Waals surface area contributed by atoms with Crippen LogP contribution in [-0.2, 0) is 4.79 Å². The number of nitrogens with zero attached hydrogens (tertiary/aromatic N) is 2. The van der Waals surface area contributed by atoms with E-state index in [4.69, 9.17) is 11.0 Å². The first-order valence-corrected chi connectivity index (χ1v) is 7.47. The van der Waals surface area contributed by atoms with Crippen molar-refractivity contribution in [1.29, 1.82) is 5.26 Å². The molecule has 1 atom stereocenters. The Morgan fingerprint density at radius 1 is 1.38 bits per heavy atom. The first-order valence-electron chi connectivity index (χ1n) is 7.47. The van der Waals surface area contributed by atoms with E-state index in [9.17, 15) is 4.79 Å². The number of rotatable bonds is 5. The number of benzene rings is 1. The first kappa shape index (κ1) is 15.5. The fourth-order valence-corrected chi connectivity index (χ4v) is 2.72. The molecule has 3 N–H and O–H groups in total. The van der Waals surface area contributed by atoms with Crippen LogP contribution < -0.4 is 11.1 Å². The summed E-state index contributed by atoms with van der Waals surface area (Å²) in [6, 6.07) is 9.37. The number of nitrogens with one attached hydrogen (secondary N) is 1. The minimum Gasteiger partial charge on any atom is -0.329 e. The molecule has 5 heteroatoms. The number of piperidine rings is 1. The topological polar surface area (TPSA) is 82.2 Å². The van der Waals surface area contributed by atoms with E-state index in [-0.39, 0.29) is 5.91 Å². The SMILES string of the molecule is N#Cc1ccc(NC(=O)CCN2CCCCC2CN)cc1. The lowest BCUT2D eigenvalue weighted by Crippen LogP contribution is -2.45. The number of carbonyl (C=O) groups is 1. The third kappa shape index (κ3) is 4.55. The van der Waals surface area contributed by atoms with E-state index in [1.54, 1.807) is 24.3 Å². The predicted molar refractivity (Wildman–Crippen MR) is 82.7 cm³/mol. The van der Waals surface area contributed by atoms with Crippen molar-refractivity contribution in [1.82, 2.24) is 4.90 Å². The molecular formula is C16H22N4O. The average molecular weight is 286 g/mol. The number of nitrogens with two attached hydrogens (primary N) is 1. The van der Waals surface area contributed by atoms with Crippen molar-refractivity contribution in [3.8, 4) is 6.07 Å². The van der Waals surface area contributed by atoms with Crippen LogP contribution in [0.4, 0.5) is 5.69 Å². The van der Waals surface area contributed by atoms with Gasteiger partial charge in [-0.15, -0.1) is 0 Å². The standard InChI is InChI=1S/C16H22N4O/c17-11-13-4-6-14(7-5-13)19-16(21)8-10-20-9-2-1-3-15(20)12-18/h4-7,15H,1-3,8-10,12,18H2,(H,19,21). The van der Waals surface area contributed by atoms with Gasteiger partial charge in [0.15, 0.2) is 0 Å². The fourth-order valence-electron chi connectivity index (χ4n) is 2.72. The Bertz CT molecular complexity index is 506. The third-order valence-corrected chi connectivity index (χ3v) is 3.94. The monoisotopic (exact) mass is 286 g/mol. The number of likely N-dealkylation sites (tertiary alicyclic amines) is 1. The smallest absolute Gasteiger partial charge is 0.225 e. The predicted octanol–water partition coefficient (Wildman–Crippen LogP) is 1.70. The van der Waals surface area contributed by atoms with Crippen LogP contribution in [0, 0.1) is 11.3 Å². The van der Waals surface area contributed by atoms with Gasteiger partial charge in [0.1, 0.15) is 0 Å². The zero-order chi connectivity index (χ0) is 15.1. The average Bonchev–Trinajstić information content (AvgIpc) is 2.54. The summed E-state index contributed by atoms with van der Waals surface area (Å²) in [6.45, 7) is 2.45. The number of carbonyl (C=O) groups excluding carboxylic acids is 1. The van der Waals surface area contributed by atoms with Gasteiger partial charge >= 0.3 is 0 Å². The molecule has 1 unspecified atom stereocenters. The van der Waals surface area contributed by atoms with E-state index in [0.29, 0.717) is 24.6 Å². The van der Waals surface area contributed by atoms with Crippen LogP contribution >= 0.6 is 0 Å². The molecule has 2 rings (SSSR count).